The van der Waals surface area contributed by atoms with Crippen LogP contribution in [-0.4, -0.2) is 10.4 Å². The lowest BCUT2D eigenvalue weighted by molar-refractivity contribution is 0.788. The maximum Gasteiger partial charge on any atom is 0.259 e. The minimum Gasteiger partial charge on any atom is -0.311 e. The van der Waals surface area contributed by atoms with Crippen LogP contribution in [0.3, 0.4) is 0 Å². The first kappa shape index (κ1) is 10.5. The maximum absolute atomic E-state index is 11.9. The molecule has 0 amide bonds. The quantitative estimate of drug-likeness (QED) is 0.596. The van der Waals surface area contributed by atoms with Crippen LogP contribution >= 0.6 is 22.9 Å². The van der Waals surface area contributed by atoms with Gasteiger partial charge in [0, 0.05) is 23.3 Å². The molecule has 0 unspecified atom stereocenters. The lowest BCUT2D eigenvalue weighted by Gasteiger charge is -2.00. The summed E-state index contributed by atoms with van der Waals surface area (Å²) in [5, 5.41) is 2.73. The number of alkyl halides is 1. The van der Waals surface area contributed by atoms with E-state index in [1.165, 1.54) is 0 Å². The molecule has 0 aromatic carbocycles. The summed E-state index contributed by atoms with van der Waals surface area (Å²) in [7, 11) is 0. The molecule has 0 spiro atoms. The number of hydrogen-bond acceptors (Lipinski definition) is 2. The Kier molecular flexibility index (Phi) is 3.23. The molecule has 0 bridgehead atoms. The molecule has 0 radical (unpaired) electrons. The van der Waals surface area contributed by atoms with E-state index in [1.54, 1.807) is 15.9 Å². The van der Waals surface area contributed by atoms with Gasteiger partial charge in [-0.2, -0.15) is 0 Å². The molecule has 2 aromatic heterocycles. The van der Waals surface area contributed by atoms with Gasteiger partial charge in [0.05, 0.1) is 5.39 Å². The van der Waals surface area contributed by atoms with Crippen LogP contribution in [0.5, 0.6) is 0 Å². The number of nitrogens with zero attached hydrogens (tertiary/aromatic N) is 1. The van der Waals surface area contributed by atoms with Gasteiger partial charge in [-0.3, -0.25) is 4.79 Å². The van der Waals surface area contributed by atoms with Crippen molar-refractivity contribution >= 4 is 33.0 Å². The topological polar surface area (TPSA) is 22.0 Å². The van der Waals surface area contributed by atoms with Gasteiger partial charge in [0.2, 0.25) is 0 Å². The van der Waals surface area contributed by atoms with Crippen molar-refractivity contribution in [2.45, 2.75) is 6.54 Å². The van der Waals surface area contributed by atoms with Gasteiger partial charge in [0.25, 0.3) is 5.56 Å². The second-order valence-electron chi connectivity index (χ2n) is 3.10. The van der Waals surface area contributed by atoms with Gasteiger partial charge in [-0.05, 0) is 17.5 Å². The molecule has 0 aliphatic carbocycles. The minimum atomic E-state index is 0.0629. The molecular formula is C11H10ClNOS. The molecular weight excluding hydrogens is 230 g/mol. The Balaban J connectivity index is 2.40. The van der Waals surface area contributed by atoms with Gasteiger partial charge < -0.3 is 4.57 Å². The van der Waals surface area contributed by atoms with Crippen LogP contribution in [0.2, 0.25) is 0 Å². The molecule has 2 nitrogen and oxygen atoms in total. The van der Waals surface area contributed by atoms with E-state index in [1.807, 2.05) is 35.9 Å². The van der Waals surface area contributed by atoms with Crippen LogP contribution in [0.25, 0.3) is 10.1 Å². The largest absolute Gasteiger partial charge is 0.311 e. The SMILES string of the molecule is O=c1c2ccsc2ccn1C/C=C/CCl. The van der Waals surface area contributed by atoms with E-state index in [9.17, 15) is 4.79 Å². The first-order valence-electron chi connectivity index (χ1n) is 4.60. The fourth-order valence-corrected chi connectivity index (χ4v) is 2.30. The molecule has 2 rings (SSSR count). The molecule has 0 aliphatic heterocycles. The zero-order chi connectivity index (χ0) is 10.7. The molecule has 0 saturated heterocycles. The van der Waals surface area contributed by atoms with Crippen molar-refractivity contribution in [3.8, 4) is 0 Å². The third-order valence-electron chi connectivity index (χ3n) is 2.15. The Hall–Kier alpha value is -1.06. The molecule has 2 aromatic rings. The van der Waals surface area contributed by atoms with Crippen LogP contribution in [0.15, 0.2) is 40.7 Å². The second kappa shape index (κ2) is 4.64. The third-order valence-corrected chi connectivity index (χ3v) is 3.21. The molecule has 0 aliphatic rings. The van der Waals surface area contributed by atoms with Gasteiger partial charge in [-0.15, -0.1) is 22.9 Å². The van der Waals surface area contributed by atoms with Crippen molar-refractivity contribution in [2.24, 2.45) is 0 Å². The van der Waals surface area contributed by atoms with Gasteiger partial charge in [0.15, 0.2) is 0 Å². The number of allylic oxidation sites excluding steroid dienone is 2. The number of halogens is 1. The predicted molar refractivity (Wildman–Crippen MR) is 65.9 cm³/mol. The Morgan fingerprint density at radius 2 is 2.27 bits per heavy atom. The molecule has 0 N–H and O–H groups in total. The van der Waals surface area contributed by atoms with Crippen molar-refractivity contribution in [3.05, 3.63) is 46.2 Å². The van der Waals surface area contributed by atoms with Gasteiger partial charge in [0.1, 0.15) is 0 Å². The van der Waals surface area contributed by atoms with Crippen molar-refractivity contribution in [2.75, 3.05) is 5.88 Å². The van der Waals surface area contributed by atoms with E-state index in [2.05, 4.69) is 0 Å². The molecule has 4 heteroatoms. The highest BCUT2D eigenvalue weighted by atomic mass is 35.5. The number of thiophene rings is 1. The molecule has 0 saturated carbocycles. The summed E-state index contributed by atoms with van der Waals surface area (Å²) in [6.07, 6.45) is 5.55. The second-order valence-corrected chi connectivity index (χ2v) is 4.35. The average molecular weight is 240 g/mol. The van der Waals surface area contributed by atoms with Gasteiger partial charge in [-0.25, -0.2) is 0 Å². The zero-order valence-corrected chi connectivity index (χ0v) is 9.59. The van der Waals surface area contributed by atoms with E-state index < -0.39 is 0 Å². The van der Waals surface area contributed by atoms with Crippen LogP contribution in [-0.2, 0) is 6.54 Å². The highest BCUT2D eigenvalue weighted by molar-refractivity contribution is 7.17. The van der Waals surface area contributed by atoms with E-state index in [0.717, 1.165) is 10.1 Å². The van der Waals surface area contributed by atoms with Crippen LogP contribution in [0.1, 0.15) is 0 Å². The van der Waals surface area contributed by atoms with Gasteiger partial charge in [-0.1, -0.05) is 12.2 Å². The zero-order valence-electron chi connectivity index (χ0n) is 8.02. The highest BCUT2D eigenvalue weighted by Gasteiger charge is 2.01. The standard InChI is InChI=1S/C11H10ClNOS/c12-5-1-2-6-13-7-3-10-9(11(13)14)4-8-15-10/h1-4,7-8H,5-6H2/b2-1+. The smallest absolute Gasteiger partial charge is 0.259 e. The molecule has 78 valence electrons. The van der Waals surface area contributed by atoms with E-state index in [4.69, 9.17) is 11.6 Å². The summed E-state index contributed by atoms with van der Waals surface area (Å²) in [5.74, 6) is 0.482. The number of hydrogen-bond donors (Lipinski definition) is 0. The fraction of sp³-hybridized carbons (Fsp3) is 0.182. The van der Waals surface area contributed by atoms with E-state index >= 15 is 0 Å². The van der Waals surface area contributed by atoms with Crippen molar-refractivity contribution in [1.82, 2.24) is 4.57 Å². The summed E-state index contributed by atoms with van der Waals surface area (Å²) >= 11 is 7.10. The minimum absolute atomic E-state index is 0.0629. The molecule has 2 heterocycles. The predicted octanol–water partition coefficient (Wildman–Crippen LogP) is 2.86. The third kappa shape index (κ3) is 2.13. The van der Waals surface area contributed by atoms with E-state index in [-0.39, 0.29) is 5.56 Å². The Morgan fingerprint density at radius 3 is 3.07 bits per heavy atom. The maximum atomic E-state index is 11.9. The summed E-state index contributed by atoms with van der Waals surface area (Å²) in [5.41, 5.74) is 0.0629. The Labute approximate surface area is 96.4 Å². The number of aromatic nitrogens is 1. The normalized spacial score (nSPS) is 11.5. The van der Waals surface area contributed by atoms with Crippen LogP contribution in [0.4, 0.5) is 0 Å². The van der Waals surface area contributed by atoms with E-state index in [0.29, 0.717) is 12.4 Å². The first-order valence-corrected chi connectivity index (χ1v) is 6.02. The average Bonchev–Trinajstić information content (AvgIpc) is 2.70. The number of fused-ring (bicyclic) bond motifs is 1. The number of rotatable bonds is 3. The highest BCUT2D eigenvalue weighted by Crippen LogP contribution is 2.15. The van der Waals surface area contributed by atoms with Crippen molar-refractivity contribution in [3.63, 3.8) is 0 Å². The van der Waals surface area contributed by atoms with Gasteiger partial charge >= 0.3 is 0 Å². The Bertz CT molecular complexity index is 541. The van der Waals surface area contributed by atoms with Crippen molar-refractivity contribution in [1.29, 1.82) is 0 Å². The van der Waals surface area contributed by atoms with Crippen LogP contribution < -0.4 is 5.56 Å². The summed E-state index contributed by atoms with van der Waals surface area (Å²) in [4.78, 5) is 11.9. The lowest BCUT2D eigenvalue weighted by Crippen LogP contribution is -2.17. The number of pyridine rings is 1. The summed E-state index contributed by atoms with van der Waals surface area (Å²) in [6.45, 7) is 0.581. The molecule has 15 heavy (non-hydrogen) atoms. The first-order chi connectivity index (χ1) is 7.33. The van der Waals surface area contributed by atoms with Crippen molar-refractivity contribution < 1.29 is 0 Å². The van der Waals surface area contributed by atoms with Crippen LogP contribution in [0, 0.1) is 0 Å². The summed E-state index contributed by atoms with van der Waals surface area (Å²) < 4.78 is 2.72. The summed E-state index contributed by atoms with van der Waals surface area (Å²) in [6, 6.07) is 3.83. The fourth-order valence-electron chi connectivity index (χ4n) is 1.40. The lowest BCUT2D eigenvalue weighted by atomic mass is 10.3. The monoisotopic (exact) mass is 239 g/mol. The Morgan fingerprint density at radius 1 is 1.40 bits per heavy atom. The molecule has 0 atom stereocenters. The molecule has 0 fully saturated rings.